The summed E-state index contributed by atoms with van der Waals surface area (Å²) in [7, 11) is 0. The van der Waals surface area contributed by atoms with E-state index < -0.39 is 115 Å². The van der Waals surface area contributed by atoms with Crippen molar-refractivity contribution in [1.82, 2.24) is 0 Å². The van der Waals surface area contributed by atoms with Gasteiger partial charge in [-0.1, -0.05) is 133 Å². The van der Waals surface area contributed by atoms with E-state index in [1.165, 1.54) is 6.07 Å². The van der Waals surface area contributed by atoms with Crippen molar-refractivity contribution >= 4 is 38.4 Å². The fourth-order valence-electron chi connectivity index (χ4n) is 6.53. The molecule has 3 aliphatic carbocycles. The Morgan fingerprint density at radius 1 is 0.614 bits per heavy atom. The van der Waals surface area contributed by atoms with Crippen molar-refractivity contribution in [3.8, 4) is 33.4 Å². The summed E-state index contributed by atoms with van der Waals surface area (Å²) in [4.78, 5) is 0. The summed E-state index contributed by atoms with van der Waals surface area (Å²) in [5.74, 6) is -1.22. The van der Waals surface area contributed by atoms with Crippen LogP contribution < -0.4 is 0 Å². The second kappa shape index (κ2) is 9.02. The van der Waals surface area contributed by atoms with Crippen LogP contribution in [0.3, 0.4) is 0 Å². The maximum atomic E-state index is 9.50. The van der Waals surface area contributed by atoms with Crippen LogP contribution in [0.25, 0.3) is 71.8 Å². The normalized spacial score (nSPS) is 25.2. The molecule has 0 amide bonds. The SMILES string of the molecule is [2H]C1=C([2H])C2=C([2H])C([2H])c3c([2H])c([2H])c(-c4cc(-c5ccccc5)cc(-c5c([2H])c([2H])c6c([2H])c([2H])c7c([2H])c([2H])c([2H])c8c([2H])c([2H])c5c6c78)c4)c4c3C2C(=C1[2H])C([2H])=C4[2H]. The van der Waals surface area contributed by atoms with Gasteiger partial charge in [0.15, 0.2) is 0 Å². The van der Waals surface area contributed by atoms with Crippen LogP contribution in [0.4, 0.5) is 0 Å². The fourth-order valence-corrected chi connectivity index (χ4v) is 6.53. The molecule has 7 aromatic rings. The van der Waals surface area contributed by atoms with E-state index in [4.69, 9.17) is 15.1 Å². The molecule has 2 unspecified atom stereocenters. The molecule has 0 saturated carbocycles. The molecule has 0 aromatic heterocycles. The van der Waals surface area contributed by atoms with Crippen LogP contribution in [0.5, 0.6) is 0 Å². The van der Waals surface area contributed by atoms with E-state index in [0.29, 0.717) is 11.1 Å². The predicted molar refractivity (Wildman–Crippen MR) is 187 cm³/mol. The molecule has 0 N–H and O–H groups in total. The minimum absolute atomic E-state index is 0.00165. The lowest BCUT2D eigenvalue weighted by molar-refractivity contribution is 0.893. The van der Waals surface area contributed by atoms with Crippen LogP contribution in [0, 0.1) is 0 Å². The van der Waals surface area contributed by atoms with Gasteiger partial charge < -0.3 is 0 Å². The molecule has 0 nitrogen and oxygen atoms in total. The van der Waals surface area contributed by atoms with E-state index in [-0.39, 0.29) is 82.4 Å². The highest BCUT2D eigenvalue weighted by Crippen LogP contribution is 2.49. The second-order valence-corrected chi connectivity index (χ2v) is 10.9. The van der Waals surface area contributed by atoms with Crippen molar-refractivity contribution in [2.45, 2.75) is 12.3 Å². The molecule has 0 heterocycles. The molecule has 0 radical (unpaired) electrons. The summed E-state index contributed by atoms with van der Waals surface area (Å²) < 4.78 is 163. The van der Waals surface area contributed by atoms with Crippen molar-refractivity contribution in [2.24, 2.45) is 0 Å². The molecule has 0 aliphatic heterocycles. The van der Waals surface area contributed by atoms with Crippen molar-refractivity contribution in [2.75, 3.05) is 0 Å². The lowest BCUT2D eigenvalue weighted by Crippen LogP contribution is -2.17. The molecular formula is C44H28. The van der Waals surface area contributed by atoms with Gasteiger partial charge in [0, 0.05) is 7.29 Å². The molecule has 0 fully saturated rings. The van der Waals surface area contributed by atoms with E-state index in [1.807, 2.05) is 0 Å². The number of hydrogen-bond acceptors (Lipinski definition) is 0. The Labute approximate surface area is 282 Å². The molecule has 0 saturated heterocycles. The standard InChI is InChI=1S/C44H28/c1-2-6-27(7-3-1)34-24-35(37-20-16-32-14-12-28-8-4-10-30-18-22-39(37)43(32)41(28)30)26-36(25-34)38-21-17-33-15-13-29-9-5-11-31-19-23-40(38)44(33)42(29)31/h1-14,16-26,42H,15H2/i4D,5D,8D,9D,10D,11D,12D,13D,14D,15D,16D,17D,18D,19D,20D,21D,22D,23D. The molecule has 3 aliphatic rings. The quantitative estimate of drug-likeness (QED) is 0.184. The Kier molecular flexibility index (Phi) is 2.59. The van der Waals surface area contributed by atoms with Crippen LogP contribution in [0.2, 0.25) is 0 Å². The van der Waals surface area contributed by atoms with E-state index in [9.17, 15) is 9.60 Å². The van der Waals surface area contributed by atoms with E-state index in [1.54, 1.807) is 42.5 Å². The Balaban J connectivity index is 1.38. The minimum Gasteiger partial charge on any atom is -0.0759 e. The van der Waals surface area contributed by atoms with Crippen LogP contribution in [0.1, 0.15) is 47.3 Å². The highest BCUT2D eigenvalue weighted by atomic mass is 14.3. The van der Waals surface area contributed by atoms with Crippen LogP contribution in [0.15, 0.2) is 156 Å². The van der Waals surface area contributed by atoms with Gasteiger partial charge in [-0.3, -0.25) is 0 Å². The summed E-state index contributed by atoms with van der Waals surface area (Å²) in [6.45, 7) is 0. The van der Waals surface area contributed by atoms with Gasteiger partial charge in [-0.2, -0.15) is 0 Å². The van der Waals surface area contributed by atoms with Gasteiger partial charge in [0.1, 0.15) is 0 Å². The average molecular weight is 575 g/mol. The monoisotopic (exact) mass is 574 g/mol. The first-order valence-electron chi connectivity index (χ1n) is 23.2. The topological polar surface area (TPSA) is 0 Å². The van der Waals surface area contributed by atoms with Gasteiger partial charge in [-0.15, -0.1) is 0 Å². The third-order valence-electron chi connectivity index (χ3n) is 8.52. The van der Waals surface area contributed by atoms with Crippen molar-refractivity contribution in [1.29, 1.82) is 0 Å². The first-order chi connectivity index (χ1) is 29.3. The van der Waals surface area contributed by atoms with Crippen LogP contribution in [-0.4, -0.2) is 0 Å². The summed E-state index contributed by atoms with van der Waals surface area (Å²) in [6, 6.07) is 5.17. The van der Waals surface area contributed by atoms with E-state index >= 15 is 0 Å². The highest BCUT2D eigenvalue weighted by Gasteiger charge is 2.31. The van der Waals surface area contributed by atoms with Crippen molar-refractivity contribution in [3.63, 3.8) is 0 Å². The summed E-state index contributed by atoms with van der Waals surface area (Å²) in [6.07, 6.45) is -1.59. The zero-order chi connectivity index (χ0) is 44.4. The van der Waals surface area contributed by atoms with E-state index in [0.717, 1.165) is 0 Å². The van der Waals surface area contributed by atoms with Gasteiger partial charge in [-0.05, 0) is 118 Å². The first-order valence-corrected chi connectivity index (χ1v) is 14.1. The van der Waals surface area contributed by atoms with Gasteiger partial charge in [-0.25, -0.2) is 0 Å². The molecule has 204 valence electrons. The summed E-state index contributed by atoms with van der Waals surface area (Å²) in [5, 5.41) is -0.733. The van der Waals surface area contributed by atoms with Crippen molar-refractivity contribution < 1.29 is 24.7 Å². The highest BCUT2D eigenvalue weighted by molar-refractivity contribution is 6.25. The van der Waals surface area contributed by atoms with Gasteiger partial charge in [0.2, 0.25) is 0 Å². The average Bonchev–Trinajstić information content (AvgIpc) is 3.25. The van der Waals surface area contributed by atoms with Gasteiger partial charge >= 0.3 is 0 Å². The Morgan fingerprint density at radius 2 is 1.34 bits per heavy atom. The number of rotatable bonds is 3. The van der Waals surface area contributed by atoms with Gasteiger partial charge in [0.05, 0.1) is 23.3 Å². The molecular weight excluding hydrogens is 528 g/mol. The third kappa shape index (κ3) is 3.40. The zero-order valence-electron chi connectivity index (χ0n) is 40.8. The van der Waals surface area contributed by atoms with Gasteiger partial charge in [0.25, 0.3) is 0 Å². The Hall–Kier alpha value is -5.46. The zero-order valence-corrected chi connectivity index (χ0v) is 22.8. The maximum absolute atomic E-state index is 9.50. The summed E-state index contributed by atoms with van der Waals surface area (Å²) >= 11 is 0. The molecule has 0 spiro atoms. The summed E-state index contributed by atoms with van der Waals surface area (Å²) in [5.41, 5.74) is 1.07. The lowest BCUT2D eigenvalue weighted by atomic mass is 9.70. The third-order valence-corrected chi connectivity index (χ3v) is 8.52. The first kappa shape index (κ1) is 12.6. The maximum Gasteiger partial charge on any atom is 0.0630 e. The molecule has 2 atom stereocenters. The second-order valence-electron chi connectivity index (χ2n) is 10.9. The minimum atomic E-state index is -1.59. The van der Waals surface area contributed by atoms with E-state index in [2.05, 4.69) is 0 Å². The number of hydrogen-bond donors (Lipinski definition) is 0. The predicted octanol–water partition coefficient (Wildman–Crippen LogP) is 11.7. The molecule has 44 heavy (non-hydrogen) atoms. The number of allylic oxidation sites excluding steroid dienone is 7. The lowest BCUT2D eigenvalue weighted by Gasteiger charge is -2.34. The fraction of sp³-hybridized carbons (Fsp3) is 0.0455. The smallest absolute Gasteiger partial charge is 0.0630 e. The number of benzene rings is 7. The molecule has 0 heteroatoms. The molecule has 10 rings (SSSR count). The van der Waals surface area contributed by atoms with Crippen molar-refractivity contribution in [3.05, 3.63) is 173 Å². The Bertz CT molecular complexity index is 3410. The largest absolute Gasteiger partial charge is 0.0759 e. The van der Waals surface area contributed by atoms with Crippen LogP contribution >= 0.6 is 0 Å². The van der Waals surface area contributed by atoms with Crippen LogP contribution in [-0.2, 0) is 6.40 Å². The molecule has 0 bridgehead atoms. The molecule has 7 aromatic carbocycles. The Morgan fingerprint density at radius 3 is 2.20 bits per heavy atom.